The number of hydrogen-bond donors (Lipinski definition) is 2. The molecule has 5 unspecified atom stereocenters. The number of nitrogens with one attached hydrogen (secondary N) is 2. The van der Waals surface area contributed by atoms with Crippen molar-refractivity contribution in [2.75, 3.05) is 0 Å². The van der Waals surface area contributed by atoms with E-state index in [2.05, 4.69) is 10.6 Å². The smallest absolute Gasteiger partial charge is 0.237 e. The zero-order chi connectivity index (χ0) is 13.7. The van der Waals surface area contributed by atoms with Crippen LogP contribution in [0.15, 0.2) is 0 Å². The van der Waals surface area contributed by atoms with Crippen molar-refractivity contribution < 1.29 is 4.79 Å². The second-order valence-corrected chi connectivity index (χ2v) is 7.75. The largest absolute Gasteiger partial charge is 0.352 e. The van der Waals surface area contributed by atoms with Gasteiger partial charge in [-0.15, -0.1) is 0 Å². The summed E-state index contributed by atoms with van der Waals surface area (Å²) < 4.78 is 0. The lowest BCUT2D eigenvalue weighted by atomic mass is 9.95. The van der Waals surface area contributed by atoms with Gasteiger partial charge in [0.2, 0.25) is 5.91 Å². The Hall–Kier alpha value is -0.570. The molecule has 5 atom stereocenters. The SMILES string of the molecule is CC(NC1C2C3CCC(C3)C12)C(=O)NC1CCCCC1. The van der Waals surface area contributed by atoms with Crippen LogP contribution in [0.5, 0.6) is 0 Å². The zero-order valence-electron chi connectivity index (χ0n) is 12.6. The highest BCUT2D eigenvalue weighted by Gasteiger charge is 2.65. The third kappa shape index (κ3) is 2.18. The Morgan fingerprint density at radius 3 is 2.30 bits per heavy atom. The highest BCUT2D eigenvalue weighted by atomic mass is 16.2. The molecule has 0 aromatic carbocycles. The minimum Gasteiger partial charge on any atom is -0.352 e. The summed E-state index contributed by atoms with van der Waals surface area (Å²) in [6, 6.07) is 1.09. The lowest BCUT2D eigenvalue weighted by Gasteiger charge is -2.25. The first-order valence-corrected chi connectivity index (χ1v) is 8.80. The van der Waals surface area contributed by atoms with E-state index in [-0.39, 0.29) is 11.9 Å². The van der Waals surface area contributed by atoms with Gasteiger partial charge in [-0.2, -0.15) is 0 Å². The Morgan fingerprint density at radius 2 is 1.65 bits per heavy atom. The van der Waals surface area contributed by atoms with Crippen LogP contribution in [0.25, 0.3) is 0 Å². The Bertz CT molecular complexity index is 374. The van der Waals surface area contributed by atoms with Gasteiger partial charge >= 0.3 is 0 Å². The molecule has 4 rings (SSSR count). The zero-order valence-corrected chi connectivity index (χ0v) is 12.6. The predicted octanol–water partition coefficient (Wildman–Crippen LogP) is 2.46. The molecule has 112 valence electrons. The van der Waals surface area contributed by atoms with Gasteiger partial charge in [-0.1, -0.05) is 19.3 Å². The van der Waals surface area contributed by atoms with Gasteiger partial charge in [-0.05, 0) is 62.7 Å². The summed E-state index contributed by atoms with van der Waals surface area (Å²) in [5.41, 5.74) is 0. The Balaban J connectivity index is 1.26. The quantitative estimate of drug-likeness (QED) is 0.828. The molecule has 4 fully saturated rings. The van der Waals surface area contributed by atoms with E-state index < -0.39 is 0 Å². The molecule has 4 aliphatic rings. The van der Waals surface area contributed by atoms with Gasteiger partial charge in [0.05, 0.1) is 6.04 Å². The number of rotatable bonds is 4. The number of fused-ring (bicyclic) bond motifs is 5. The second-order valence-electron chi connectivity index (χ2n) is 7.75. The third-order valence-corrected chi connectivity index (χ3v) is 6.52. The van der Waals surface area contributed by atoms with Gasteiger partial charge in [-0.3, -0.25) is 4.79 Å². The average Bonchev–Trinajstić information content (AvgIpc) is 2.84. The topological polar surface area (TPSA) is 41.1 Å². The fourth-order valence-electron chi connectivity index (χ4n) is 5.49. The number of hydrogen-bond acceptors (Lipinski definition) is 2. The van der Waals surface area contributed by atoms with Crippen molar-refractivity contribution in [3.63, 3.8) is 0 Å². The highest BCUT2D eigenvalue weighted by Crippen LogP contribution is 2.65. The van der Waals surface area contributed by atoms with Gasteiger partial charge in [0, 0.05) is 12.1 Å². The summed E-state index contributed by atoms with van der Waals surface area (Å²) >= 11 is 0. The molecule has 2 N–H and O–H groups in total. The summed E-state index contributed by atoms with van der Waals surface area (Å²) in [5.74, 6) is 4.03. The lowest BCUT2D eigenvalue weighted by molar-refractivity contribution is -0.123. The fourth-order valence-corrected chi connectivity index (χ4v) is 5.49. The maximum absolute atomic E-state index is 12.3. The molecule has 0 spiro atoms. The predicted molar refractivity (Wildman–Crippen MR) is 79.2 cm³/mol. The molecule has 1 amide bonds. The van der Waals surface area contributed by atoms with Crippen LogP contribution in [0.4, 0.5) is 0 Å². The Labute approximate surface area is 122 Å². The van der Waals surface area contributed by atoms with E-state index in [9.17, 15) is 4.79 Å². The van der Waals surface area contributed by atoms with Crippen LogP contribution in [-0.2, 0) is 4.79 Å². The van der Waals surface area contributed by atoms with E-state index in [0.29, 0.717) is 12.1 Å². The van der Waals surface area contributed by atoms with Crippen molar-refractivity contribution in [3.8, 4) is 0 Å². The monoisotopic (exact) mass is 276 g/mol. The number of carbonyl (C=O) groups excluding carboxylic acids is 1. The standard InChI is InChI=1S/C17H28N2O/c1-10(17(20)19-13-5-3-2-4-6-13)18-16-14-11-7-8-12(9-11)15(14)16/h10-16,18H,2-9H2,1H3,(H,19,20). The minimum atomic E-state index is -0.00748. The molecule has 3 nitrogen and oxygen atoms in total. The molecular weight excluding hydrogens is 248 g/mol. The van der Waals surface area contributed by atoms with Gasteiger partial charge < -0.3 is 10.6 Å². The summed E-state index contributed by atoms with van der Waals surface area (Å²) in [7, 11) is 0. The van der Waals surface area contributed by atoms with Crippen LogP contribution in [0, 0.1) is 23.7 Å². The Morgan fingerprint density at radius 1 is 1.00 bits per heavy atom. The molecule has 0 aromatic heterocycles. The van der Waals surface area contributed by atoms with Crippen molar-refractivity contribution in [2.24, 2.45) is 23.7 Å². The summed E-state index contributed by atoms with van der Waals surface area (Å²) in [6.45, 7) is 2.05. The van der Waals surface area contributed by atoms with E-state index >= 15 is 0 Å². The van der Waals surface area contributed by atoms with Gasteiger partial charge in [-0.25, -0.2) is 0 Å². The van der Waals surface area contributed by atoms with Crippen molar-refractivity contribution >= 4 is 5.91 Å². The molecule has 20 heavy (non-hydrogen) atoms. The molecular formula is C17H28N2O. The van der Waals surface area contributed by atoms with Crippen LogP contribution in [0.2, 0.25) is 0 Å². The van der Waals surface area contributed by atoms with E-state index in [0.717, 1.165) is 23.7 Å². The van der Waals surface area contributed by atoms with E-state index in [1.165, 1.54) is 51.4 Å². The van der Waals surface area contributed by atoms with Gasteiger partial charge in [0.25, 0.3) is 0 Å². The fraction of sp³-hybridized carbons (Fsp3) is 0.941. The number of amides is 1. The summed E-state index contributed by atoms with van der Waals surface area (Å²) in [5, 5.41) is 6.89. The first-order valence-electron chi connectivity index (χ1n) is 8.80. The molecule has 0 radical (unpaired) electrons. The van der Waals surface area contributed by atoms with Crippen LogP contribution in [0.3, 0.4) is 0 Å². The van der Waals surface area contributed by atoms with Crippen molar-refractivity contribution in [1.29, 1.82) is 0 Å². The number of carbonyl (C=O) groups is 1. The molecule has 0 saturated heterocycles. The van der Waals surface area contributed by atoms with E-state index in [4.69, 9.17) is 0 Å². The third-order valence-electron chi connectivity index (χ3n) is 6.52. The van der Waals surface area contributed by atoms with Crippen LogP contribution >= 0.6 is 0 Å². The second kappa shape index (κ2) is 5.01. The van der Waals surface area contributed by atoms with E-state index in [1.807, 2.05) is 6.92 Å². The van der Waals surface area contributed by atoms with Crippen LogP contribution < -0.4 is 10.6 Å². The van der Waals surface area contributed by atoms with E-state index in [1.54, 1.807) is 0 Å². The molecule has 3 heteroatoms. The van der Waals surface area contributed by atoms with Crippen LogP contribution in [-0.4, -0.2) is 24.0 Å². The highest BCUT2D eigenvalue weighted by molar-refractivity contribution is 5.81. The first kappa shape index (κ1) is 13.1. The van der Waals surface area contributed by atoms with Crippen molar-refractivity contribution in [2.45, 2.75) is 76.4 Å². The average molecular weight is 276 g/mol. The Kier molecular flexibility index (Phi) is 3.29. The first-order chi connectivity index (χ1) is 9.74. The summed E-state index contributed by atoms with van der Waals surface area (Å²) in [4.78, 5) is 12.3. The van der Waals surface area contributed by atoms with Gasteiger partial charge in [0.15, 0.2) is 0 Å². The molecule has 4 aliphatic carbocycles. The van der Waals surface area contributed by atoms with Crippen molar-refractivity contribution in [3.05, 3.63) is 0 Å². The molecule has 0 heterocycles. The molecule has 0 aromatic rings. The van der Waals surface area contributed by atoms with Crippen LogP contribution in [0.1, 0.15) is 58.3 Å². The molecule has 0 aliphatic heterocycles. The summed E-state index contributed by atoms with van der Waals surface area (Å²) in [6.07, 6.45) is 10.6. The van der Waals surface area contributed by atoms with Crippen molar-refractivity contribution in [1.82, 2.24) is 10.6 Å². The normalized spacial score (nSPS) is 44.1. The molecule has 2 bridgehead atoms. The van der Waals surface area contributed by atoms with Gasteiger partial charge in [0.1, 0.15) is 0 Å². The lowest BCUT2D eigenvalue weighted by Crippen LogP contribution is -2.48. The molecule has 4 saturated carbocycles. The maximum Gasteiger partial charge on any atom is 0.237 e. The maximum atomic E-state index is 12.3. The minimum absolute atomic E-state index is 0.00748.